The van der Waals surface area contributed by atoms with Crippen molar-refractivity contribution in [3.63, 3.8) is 0 Å². The molecule has 0 saturated heterocycles. The van der Waals surface area contributed by atoms with Crippen molar-refractivity contribution >= 4 is 35.1 Å². The molecular formula is C12H13ClF3N3O2. The van der Waals surface area contributed by atoms with Crippen molar-refractivity contribution in [1.29, 1.82) is 0 Å². The summed E-state index contributed by atoms with van der Waals surface area (Å²) in [6.07, 6.45) is -4.36. The van der Waals surface area contributed by atoms with Crippen LogP contribution in [0.2, 0.25) is 0 Å². The number of carbonyl (C=O) groups is 1. The Morgan fingerprint density at radius 1 is 1.38 bits per heavy atom. The van der Waals surface area contributed by atoms with Crippen molar-refractivity contribution in [3.8, 4) is 0 Å². The summed E-state index contributed by atoms with van der Waals surface area (Å²) in [6, 6.07) is 4.14. The minimum Gasteiger partial charge on any atom is -0.433 e. The van der Waals surface area contributed by atoms with Crippen LogP contribution in [-0.4, -0.2) is 24.5 Å². The third-order valence-electron chi connectivity index (χ3n) is 2.52. The van der Waals surface area contributed by atoms with Crippen LogP contribution >= 0.6 is 12.4 Å². The number of benzene rings is 1. The van der Waals surface area contributed by atoms with E-state index in [0.717, 1.165) is 0 Å². The first-order valence-electron chi connectivity index (χ1n) is 5.82. The lowest BCUT2D eigenvalue weighted by Gasteiger charge is -2.04. The quantitative estimate of drug-likeness (QED) is 0.908. The van der Waals surface area contributed by atoms with Crippen LogP contribution in [0.25, 0.3) is 11.1 Å². The number of halogens is 4. The number of hydrogen-bond donors (Lipinski definition) is 2. The first-order chi connectivity index (χ1) is 9.40. The second kappa shape index (κ2) is 6.77. The lowest BCUT2D eigenvalue weighted by Crippen LogP contribution is -2.18. The topological polar surface area (TPSA) is 67.2 Å². The van der Waals surface area contributed by atoms with Gasteiger partial charge in [-0.3, -0.25) is 4.79 Å². The van der Waals surface area contributed by atoms with Gasteiger partial charge in [0.25, 0.3) is 0 Å². The minimum absolute atomic E-state index is 0. The fourth-order valence-electron chi connectivity index (χ4n) is 1.59. The predicted octanol–water partition coefficient (Wildman–Crippen LogP) is 2.82. The molecular weight excluding hydrogens is 311 g/mol. The third kappa shape index (κ3) is 4.33. The Bertz CT molecular complexity index is 628. The van der Waals surface area contributed by atoms with Gasteiger partial charge in [0.05, 0.1) is 0 Å². The highest BCUT2D eigenvalue weighted by molar-refractivity contribution is 5.92. The zero-order valence-corrected chi connectivity index (χ0v) is 11.8. The molecule has 0 unspecified atom stereocenters. The summed E-state index contributed by atoms with van der Waals surface area (Å²) in [7, 11) is 1.72. The molecule has 1 amide bonds. The number of aromatic nitrogens is 1. The molecule has 0 aliphatic carbocycles. The van der Waals surface area contributed by atoms with Crippen LogP contribution in [0.15, 0.2) is 22.6 Å². The average molecular weight is 324 g/mol. The van der Waals surface area contributed by atoms with Crippen LogP contribution in [0.3, 0.4) is 0 Å². The molecule has 2 aromatic rings. The largest absolute Gasteiger partial charge is 0.468 e. The van der Waals surface area contributed by atoms with Crippen LogP contribution in [0.4, 0.5) is 18.9 Å². The zero-order valence-electron chi connectivity index (χ0n) is 11.0. The van der Waals surface area contributed by atoms with E-state index in [1.54, 1.807) is 7.05 Å². The number of fused-ring (bicyclic) bond motifs is 1. The number of oxazole rings is 1. The van der Waals surface area contributed by atoms with Gasteiger partial charge in [-0.05, 0) is 25.2 Å². The second-order valence-corrected chi connectivity index (χ2v) is 4.10. The molecule has 2 N–H and O–H groups in total. The number of hydrogen-bond acceptors (Lipinski definition) is 4. The molecule has 2 rings (SSSR count). The smallest absolute Gasteiger partial charge is 0.433 e. The number of amides is 1. The number of nitrogens with one attached hydrogen (secondary N) is 2. The summed E-state index contributed by atoms with van der Waals surface area (Å²) >= 11 is 0. The van der Waals surface area contributed by atoms with Crippen molar-refractivity contribution in [2.24, 2.45) is 0 Å². The van der Waals surface area contributed by atoms with Gasteiger partial charge in [-0.25, -0.2) is 4.98 Å². The van der Waals surface area contributed by atoms with Crippen molar-refractivity contribution in [2.45, 2.75) is 12.6 Å². The van der Waals surface area contributed by atoms with Gasteiger partial charge in [0.15, 0.2) is 5.58 Å². The molecule has 21 heavy (non-hydrogen) atoms. The van der Waals surface area contributed by atoms with Crippen molar-refractivity contribution in [1.82, 2.24) is 10.3 Å². The van der Waals surface area contributed by atoms with Crippen LogP contribution in [0.5, 0.6) is 0 Å². The van der Waals surface area contributed by atoms with Gasteiger partial charge in [-0.2, -0.15) is 13.2 Å². The van der Waals surface area contributed by atoms with E-state index < -0.39 is 12.1 Å². The maximum absolute atomic E-state index is 12.4. The molecule has 9 heteroatoms. The van der Waals surface area contributed by atoms with Gasteiger partial charge in [0.2, 0.25) is 5.91 Å². The second-order valence-electron chi connectivity index (χ2n) is 4.10. The third-order valence-corrected chi connectivity index (χ3v) is 2.52. The highest BCUT2D eigenvalue weighted by Gasteiger charge is 2.37. The molecule has 0 fully saturated rings. The molecule has 0 atom stereocenters. The van der Waals surface area contributed by atoms with Crippen LogP contribution in [0, 0.1) is 0 Å². The molecule has 1 aromatic carbocycles. The van der Waals surface area contributed by atoms with Gasteiger partial charge in [0.1, 0.15) is 5.52 Å². The minimum atomic E-state index is -4.63. The number of rotatable bonds is 4. The maximum Gasteiger partial charge on any atom is 0.468 e. The van der Waals surface area contributed by atoms with Crippen molar-refractivity contribution in [3.05, 3.63) is 24.1 Å². The molecule has 0 aliphatic rings. The summed E-state index contributed by atoms with van der Waals surface area (Å²) in [5.74, 6) is -1.54. The molecule has 116 valence electrons. The molecule has 0 saturated carbocycles. The van der Waals surface area contributed by atoms with Gasteiger partial charge < -0.3 is 15.1 Å². The van der Waals surface area contributed by atoms with E-state index in [4.69, 9.17) is 0 Å². The standard InChI is InChI=1S/C12H12F3N3O2.ClH/c1-16-5-4-10(19)17-7-2-3-9-8(6-7)18-11(20-9)12(13,14)15;/h2-3,6,16H,4-5H2,1H3,(H,17,19);1H. The highest BCUT2D eigenvalue weighted by Crippen LogP contribution is 2.31. The Morgan fingerprint density at radius 2 is 2.10 bits per heavy atom. The highest BCUT2D eigenvalue weighted by atomic mass is 35.5. The monoisotopic (exact) mass is 323 g/mol. The molecule has 1 heterocycles. The number of alkyl halides is 3. The lowest BCUT2D eigenvalue weighted by molar-refractivity contribution is -0.156. The number of nitrogens with zero attached hydrogens (tertiary/aromatic N) is 1. The van der Waals surface area contributed by atoms with E-state index in [2.05, 4.69) is 20.0 Å². The predicted molar refractivity (Wildman–Crippen MR) is 73.4 cm³/mol. The maximum atomic E-state index is 12.4. The molecule has 0 spiro atoms. The summed E-state index contributed by atoms with van der Waals surface area (Å²) in [5.41, 5.74) is 0.440. The average Bonchev–Trinajstić information content (AvgIpc) is 2.79. The molecule has 5 nitrogen and oxygen atoms in total. The Morgan fingerprint density at radius 3 is 2.71 bits per heavy atom. The summed E-state index contributed by atoms with van der Waals surface area (Å²) in [6.45, 7) is 0.510. The molecule has 0 radical (unpaired) electrons. The molecule has 0 bridgehead atoms. The normalized spacial score (nSPS) is 11.2. The Labute approximate surface area is 124 Å². The number of carbonyl (C=O) groups excluding carboxylic acids is 1. The van der Waals surface area contributed by atoms with Gasteiger partial charge >= 0.3 is 12.1 Å². The van der Waals surface area contributed by atoms with Crippen LogP contribution in [0.1, 0.15) is 12.3 Å². The summed E-state index contributed by atoms with van der Waals surface area (Å²) < 4.78 is 41.9. The lowest BCUT2D eigenvalue weighted by atomic mass is 10.2. The Balaban J connectivity index is 0.00000220. The van der Waals surface area contributed by atoms with E-state index in [9.17, 15) is 18.0 Å². The zero-order chi connectivity index (χ0) is 14.8. The van der Waals surface area contributed by atoms with Gasteiger partial charge in [0, 0.05) is 18.7 Å². The van der Waals surface area contributed by atoms with Gasteiger partial charge in [-0.15, -0.1) is 12.4 Å². The van der Waals surface area contributed by atoms with E-state index in [1.807, 2.05) is 0 Å². The summed E-state index contributed by atoms with van der Waals surface area (Å²) in [5, 5.41) is 5.40. The fraction of sp³-hybridized carbons (Fsp3) is 0.333. The van der Waals surface area contributed by atoms with Gasteiger partial charge in [-0.1, -0.05) is 0 Å². The molecule has 0 aliphatic heterocycles. The SMILES string of the molecule is CNCCC(=O)Nc1ccc2oc(C(F)(F)F)nc2c1.Cl. The van der Waals surface area contributed by atoms with E-state index >= 15 is 0 Å². The van der Waals surface area contributed by atoms with E-state index in [0.29, 0.717) is 12.2 Å². The Hall–Kier alpha value is -1.80. The first kappa shape index (κ1) is 17.3. The van der Waals surface area contributed by atoms with E-state index in [1.165, 1.54) is 18.2 Å². The Kier molecular flexibility index (Phi) is 5.56. The van der Waals surface area contributed by atoms with E-state index in [-0.39, 0.29) is 35.8 Å². The van der Waals surface area contributed by atoms with Crippen molar-refractivity contribution < 1.29 is 22.4 Å². The molecule has 1 aromatic heterocycles. The van der Waals surface area contributed by atoms with Crippen molar-refractivity contribution in [2.75, 3.05) is 18.9 Å². The van der Waals surface area contributed by atoms with Crippen LogP contribution < -0.4 is 10.6 Å². The number of anilines is 1. The fourth-order valence-corrected chi connectivity index (χ4v) is 1.59. The summed E-state index contributed by atoms with van der Waals surface area (Å²) in [4.78, 5) is 14.9. The first-order valence-corrected chi connectivity index (χ1v) is 5.82. The van der Waals surface area contributed by atoms with Crippen LogP contribution in [-0.2, 0) is 11.0 Å².